The summed E-state index contributed by atoms with van der Waals surface area (Å²) in [5.41, 5.74) is 8.18. The highest BCUT2D eigenvalue weighted by molar-refractivity contribution is 7.09. The van der Waals surface area contributed by atoms with Gasteiger partial charge >= 0.3 is 0 Å². The molecule has 0 spiro atoms. The van der Waals surface area contributed by atoms with E-state index in [1.54, 1.807) is 22.3 Å². The summed E-state index contributed by atoms with van der Waals surface area (Å²) in [4.78, 5) is 17.4. The summed E-state index contributed by atoms with van der Waals surface area (Å²) in [5, 5.41) is 2.05. The molecule has 0 aliphatic carbocycles. The Bertz CT molecular complexity index is 608. The fourth-order valence-corrected chi connectivity index (χ4v) is 2.85. The molecule has 0 saturated carbocycles. The topological polar surface area (TPSA) is 49.6 Å². The summed E-state index contributed by atoms with van der Waals surface area (Å²) in [6.07, 6.45) is 0.880. The average molecular weight is 303 g/mol. The lowest BCUT2D eigenvalue weighted by molar-refractivity contribution is 0.0797. The Morgan fingerprint density at radius 3 is 2.57 bits per heavy atom. The van der Waals surface area contributed by atoms with E-state index in [-0.39, 0.29) is 5.91 Å². The number of hydrogen-bond acceptors (Lipinski definition) is 4. The summed E-state index contributed by atoms with van der Waals surface area (Å²) in [6.45, 7) is 0.703. The number of anilines is 2. The van der Waals surface area contributed by atoms with Gasteiger partial charge in [-0.15, -0.1) is 11.3 Å². The van der Waals surface area contributed by atoms with E-state index < -0.39 is 0 Å². The van der Waals surface area contributed by atoms with Gasteiger partial charge in [-0.3, -0.25) is 4.79 Å². The van der Waals surface area contributed by atoms with Crippen molar-refractivity contribution < 1.29 is 4.79 Å². The van der Waals surface area contributed by atoms with Crippen LogP contribution in [-0.4, -0.2) is 38.5 Å². The van der Waals surface area contributed by atoms with Crippen molar-refractivity contribution in [3.05, 3.63) is 46.2 Å². The van der Waals surface area contributed by atoms with Crippen molar-refractivity contribution in [2.24, 2.45) is 0 Å². The van der Waals surface area contributed by atoms with E-state index in [1.807, 2.05) is 44.2 Å². The molecule has 2 rings (SSSR count). The summed E-state index contributed by atoms with van der Waals surface area (Å²) in [5.74, 6) is 0.00330. The molecular formula is C16H21N3OS. The molecule has 2 aromatic rings. The number of nitrogens with two attached hydrogens (primary N) is 1. The maximum Gasteiger partial charge on any atom is 0.253 e. The van der Waals surface area contributed by atoms with Crippen LogP contribution >= 0.6 is 11.3 Å². The number of carbonyl (C=O) groups is 1. The first-order valence-corrected chi connectivity index (χ1v) is 7.71. The van der Waals surface area contributed by atoms with Crippen LogP contribution in [0.1, 0.15) is 15.2 Å². The molecule has 0 aliphatic rings. The Morgan fingerprint density at radius 1 is 1.24 bits per heavy atom. The summed E-state index contributed by atoms with van der Waals surface area (Å²) in [7, 11) is 5.69. The van der Waals surface area contributed by atoms with Gasteiger partial charge < -0.3 is 15.5 Å². The molecule has 1 aromatic heterocycles. The van der Waals surface area contributed by atoms with Gasteiger partial charge in [-0.05, 0) is 36.1 Å². The van der Waals surface area contributed by atoms with Gasteiger partial charge in [0.2, 0.25) is 0 Å². The van der Waals surface area contributed by atoms with Crippen molar-refractivity contribution in [2.45, 2.75) is 6.42 Å². The van der Waals surface area contributed by atoms with E-state index in [0.29, 0.717) is 17.8 Å². The van der Waals surface area contributed by atoms with Crippen molar-refractivity contribution >= 4 is 28.6 Å². The fraction of sp³-hybridized carbons (Fsp3) is 0.312. The normalized spacial score (nSPS) is 10.4. The van der Waals surface area contributed by atoms with Crippen LogP contribution in [0, 0.1) is 0 Å². The highest BCUT2D eigenvalue weighted by Crippen LogP contribution is 2.23. The molecule has 1 aromatic carbocycles. The first-order chi connectivity index (χ1) is 9.99. The second-order valence-electron chi connectivity index (χ2n) is 5.22. The lowest BCUT2D eigenvalue weighted by Gasteiger charge is -2.19. The molecule has 0 atom stereocenters. The number of nitrogen functional groups attached to an aromatic ring is 1. The highest BCUT2D eigenvalue weighted by Gasteiger charge is 2.13. The summed E-state index contributed by atoms with van der Waals surface area (Å²) in [6, 6.07) is 9.58. The maximum absolute atomic E-state index is 12.4. The predicted octanol–water partition coefficient (Wildman–Crippen LogP) is 2.71. The largest absolute Gasteiger partial charge is 0.397 e. The molecule has 0 aliphatic heterocycles. The molecule has 5 heteroatoms. The van der Waals surface area contributed by atoms with Crippen molar-refractivity contribution in [1.82, 2.24) is 4.90 Å². The molecule has 21 heavy (non-hydrogen) atoms. The van der Waals surface area contributed by atoms with Crippen molar-refractivity contribution in [1.29, 1.82) is 0 Å². The first kappa shape index (κ1) is 15.4. The minimum Gasteiger partial charge on any atom is -0.397 e. The number of nitrogens with zero attached hydrogens (tertiary/aromatic N) is 2. The number of benzene rings is 1. The number of carbonyl (C=O) groups excluding carboxylic acids is 1. The molecule has 0 unspecified atom stereocenters. The van der Waals surface area contributed by atoms with Gasteiger partial charge in [0.25, 0.3) is 5.91 Å². The third-order valence-electron chi connectivity index (χ3n) is 3.38. The van der Waals surface area contributed by atoms with Gasteiger partial charge in [0.1, 0.15) is 0 Å². The molecule has 0 radical (unpaired) electrons. The average Bonchev–Trinajstić information content (AvgIpc) is 2.96. The molecule has 2 N–H and O–H groups in total. The van der Waals surface area contributed by atoms with E-state index >= 15 is 0 Å². The number of rotatable bonds is 5. The summed E-state index contributed by atoms with van der Waals surface area (Å²) < 4.78 is 0. The summed E-state index contributed by atoms with van der Waals surface area (Å²) >= 11 is 1.72. The Labute approximate surface area is 129 Å². The van der Waals surface area contributed by atoms with Crippen LogP contribution in [0.25, 0.3) is 0 Å². The Balaban J connectivity index is 2.03. The molecule has 4 nitrogen and oxygen atoms in total. The van der Waals surface area contributed by atoms with Crippen LogP contribution in [0.4, 0.5) is 11.4 Å². The zero-order valence-electron chi connectivity index (χ0n) is 12.7. The molecule has 1 amide bonds. The smallest absolute Gasteiger partial charge is 0.253 e. The van der Waals surface area contributed by atoms with Crippen LogP contribution in [0.15, 0.2) is 35.7 Å². The van der Waals surface area contributed by atoms with Crippen LogP contribution < -0.4 is 10.6 Å². The zero-order chi connectivity index (χ0) is 15.4. The Morgan fingerprint density at radius 2 is 2.00 bits per heavy atom. The van der Waals surface area contributed by atoms with E-state index in [4.69, 9.17) is 5.73 Å². The SMILES string of the molecule is CN(CCc1cccs1)C(=O)c1ccc(N(C)C)c(N)c1. The van der Waals surface area contributed by atoms with Gasteiger partial charge in [0.05, 0.1) is 11.4 Å². The van der Waals surface area contributed by atoms with E-state index in [9.17, 15) is 4.79 Å². The van der Waals surface area contributed by atoms with E-state index in [0.717, 1.165) is 12.1 Å². The van der Waals surface area contributed by atoms with Crippen molar-refractivity contribution in [3.8, 4) is 0 Å². The number of amides is 1. The quantitative estimate of drug-likeness (QED) is 0.864. The molecule has 0 bridgehead atoms. The van der Waals surface area contributed by atoms with Gasteiger partial charge in [-0.1, -0.05) is 6.07 Å². The number of likely N-dealkylation sites (N-methyl/N-ethyl adjacent to an activating group) is 1. The Hall–Kier alpha value is -2.01. The van der Waals surface area contributed by atoms with E-state index in [2.05, 4.69) is 11.4 Å². The van der Waals surface area contributed by atoms with Crippen molar-refractivity contribution in [2.75, 3.05) is 38.3 Å². The minimum atomic E-state index is 0.00330. The molecule has 0 fully saturated rings. The lowest BCUT2D eigenvalue weighted by Crippen LogP contribution is -2.28. The zero-order valence-corrected chi connectivity index (χ0v) is 13.5. The minimum absolute atomic E-state index is 0.00330. The Kier molecular flexibility index (Phi) is 4.85. The van der Waals surface area contributed by atoms with Gasteiger partial charge in [0.15, 0.2) is 0 Å². The predicted molar refractivity (Wildman–Crippen MR) is 90.2 cm³/mol. The fourth-order valence-electron chi connectivity index (χ4n) is 2.15. The molecule has 1 heterocycles. The first-order valence-electron chi connectivity index (χ1n) is 6.83. The number of hydrogen-bond donors (Lipinski definition) is 1. The standard InChI is InChI=1S/C16H21N3OS/c1-18(2)15-7-6-12(11-14(15)17)16(20)19(3)9-8-13-5-4-10-21-13/h4-7,10-11H,8-9,17H2,1-3H3. The third-order valence-corrected chi connectivity index (χ3v) is 4.31. The monoisotopic (exact) mass is 303 g/mol. The third kappa shape index (κ3) is 3.76. The second-order valence-corrected chi connectivity index (χ2v) is 6.26. The van der Waals surface area contributed by atoms with Crippen LogP contribution in [0.3, 0.4) is 0 Å². The van der Waals surface area contributed by atoms with Crippen LogP contribution in [0.5, 0.6) is 0 Å². The van der Waals surface area contributed by atoms with Crippen molar-refractivity contribution in [3.63, 3.8) is 0 Å². The van der Waals surface area contributed by atoms with Gasteiger partial charge in [0, 0.05) is 38.1 Å². The maximum atomic E-state index is 12.4. The molecule has 0 saturated heterocycles. The highest BCUT2D eigenvalue weighted by atomic mass is 32.1. The van der Waals surface area contributed by atoms with E-state index in [1.165, 1.54) is 4.88 Å². The molecular weight excluding hydrogens is 282 g/mol. The number of thiophene rings is 1. The van der Waals surface area contributed by atoms with Gasteiger partial charge in [-0.25, -0.2) is 0 Å². The van der Waals surface area contributed by atoms with Gasteiger partial charge in [-0.2, -0.15) is 0 Å². The molecule has 112 valence electrons. The lowest BCUT2D eigenvalue weighted by atomic mass is 10.1. The van der Waals surface area contributed by atoms with Crippen LogP contribution in [-0.2, 0) is 6.42 Å². The van der Waals surface area contributed by atoms with Crippen LogP contribution in [0.2, 0.25) is 0 Å². The second kappa shape index (κ2) is 6.63.